The largest absolute Gasteiger partial charge is 0.456 e. The van der Waals surface area contributed by atoms with E-state index in [4.69, 9.17) is 9.15 Å². The molecule has 5 N–H and O–H groups in total. The number of nitrogens with one attached hydrogen (secondary N) is 1. The van der Waals surface area contributed by atoms with Gasteiger partial charge in [-0.2, -0.15) is 5.26 Å². The van der Waals surface area contributed by atoms with Crippen molar-refractivity contribution in [2.75, 3.05) is 24.5 Å². The molecule has 0 saturated carbocycles. The van der Waals surface area contributed by atoms with Gasteiger partial charge in [-0.05, 0) is 67.3 Å². The molecule has 218 valence electrons. The van der Waals surface area contributed by atoms with Crippen molar-refractivity contribution in [2.45, 2.75) is 56.9 Å². The van der Waals surface area contributed by atoms with Gasteiger partial charge in [0, 0.05) is 36.5 Å². The third kappa shape index (κ3) is 6.02. The predicted molar refractivity (Wildman–Crippen MR) is 152 cm³/mol. The third-order valence-electron chi connectivity index (χ3n) is 7.68. The molecule has 1 aromatic heterocycles. The molecule has 0 radical (unpaired) electrons. The lowest BCUT2D eigenvalue weighted by Crippen LogP contribution is -2.59. The first-order valence-corrected chi connectivity index (χ1v) is 14.9. The van der Waals surface area contributed by atoms with Crippen LogP contribution in [-0.2, 0) is 14.8 Å². The second-order valence-corrected chi connectivity index (χ2v) is 12.1. The van der Waals surface area contributed by atoms with Crippen molar-refractivity contribution < 1.29 is 38.0 Å². The van der Waals surface area contributed by atoms with E-state index in [0.29, 0.717) is 5.76 Å². The van der Waals surface area contributed by atoms with E-state index < -0.39 is 52.2 Å². The Labute approximate surface area is 237 Å². The van der Waals surface area contributed by atoms with E-state index in [-0.39, 0.29) is 11.3 Å². The van der Waals surface area contributed by atoms with Crippen molar-refractivity contribution in [3.63, 3.8) is 0 Å². The van der Waals surface area contributed by atoms with Crippen LogP contribution in [0.25, 0.3) is 27.7 Å². The highest BCUT2D eigenvalue weighted by atomic mass is 32.2. The minimum Gasteiger partial charge on any atom is -0.456 e. The minimum absolute atomic E-state index is 0.0683. The van der Waals surface area contributed by atoms with Gasteiger partial charge in [-0.15, -0.1) is 0 Å². The monoisotopic (exact) mass is 583 g/mol. The smallest absolute Gasteiger partial charge is 0.251 e. The molecule has 2 aromatic carbocycles. The summed E-state index contributed by atoms with van der Waals surface area (Å²) in [6, 6.07) is 17.3. The van der Waals surface area contributed by atoms with Gasteiger partial charge in [0.2, 0.25) is 0 Å². The number of furan rings is 1. The molecule has 0 amide bonds. The fourth-order valence-corrected chi connectivity index (χ4v) is 6.40. The van der Waals surface area contributed by atoms with Gasteiger partial charge >= 0.3 is 0 Å². The number of fused-ring (bicyclic) bond motifs is 1. The molecular weight excluding hydrogens is 550 g/mol. The van der Waals surface area contributed by atoms with Crippen LogP contribution in [0.1, 0.15) is 31.9 Å². The van der Waals surface area contributed by atoms with Crippen LogP contribution in [0.5, 0.6) is 0 Å². The number of anilines is 1. The quantitative estimate of drug-likeness (QED) is 0.259. The molecule has 41 heavy (non-hydrogen) atoms. The second-order valence-electron chi connectivity index (χ2n) is 10.4. The van der Waals surface area contributed by atoms with Gasteiger partial charge in [-0.25, -0.2) is 13.1 Å². The summed E-state index contributed by atoms with van der Waals surface area (Å²) < 4.78 is 39.1. The van der Waals surface area contributed by atoms with Gasteiger partial charge in [0.15, 0.2) is 11.2 Å². The first-order valence-electron chi connectivity index (χ1n) is 13.5. The van der Waals surface area contributed by atoms with E-state index in [1.807, 2.05) is 18.2 Å². The SMILES string of the molecule is C/C(=C(/C#N)S(=O)(=O)NC[C@H]1OC(O)[C@H](O)[C@@H](O)[C@@H]1O)c1ccc(-c2ccc3cc(N4CCCCC4)ccc3c2)o1. The zero-order chi connectivity index (χ0) is 29.3. The molecule has 2 fully saturated rings. The van der Waals surface area contributed by atoms with Gasteiger partial charge in [-0.1, -0.05) is 18.2 Å². The number of nitriles is 1. The van der Waals surface area contributed by atoms with E-state index in [0.717, 1.165) is 29.4 Å². The van der Waals surface area contributed by atoms with Crippen LogP contribution < -0.4 is 9.62 Å². The van der Waals surface area contributed by atoms with Crippen LogP contribution in [0.3, 0.4) is 0 Å². The number of benzene rings is 2. The summed E-state index contributed by atoms with van der Waals surface area (Å²) in [5, 5.41) is 51.0. The molecule has 0 aliphatic carbocycles. The van der Waals surface area contributed by atoms with E-state index in [2.05, 4.69) is 27.8 Å². The number of sulfonamides is 1. The van der Waals surface area contributed by atoms with Crippen molar-refractivity contribution >= 4 is 32.1 Å². The van der Waals surface area contributed by atoms with Crippen molar-refractivity contribution in [3.8, 4) is 17.4 Å². The molecule has 11 nitrogen and oxygen atoms in total. The van der Waals surface area contributed by atoms with Crippen LogP contribution >= 0.6 is 0 Å². The number of rotatable bonds is 7. The lowest BCUT2D eigenvalue weighted by atomic mass is 9.99. The fraction of sp³-hybridized carbons (Fsp3) is 0.414. The zero-order valence-electron chi connectivity index (χ0n) is 22.5. The summed E-state index contributed by atoms with van der Waals surface area (Å²) in [5.74, 6) is 0.689. The molecule has 2 aliphatic heterocycles. The molecule has 3 heterocycles. The van der Waals surface area contributed by atoms with Gasteiger partial charge in [0.1, 0.15) is 42.0 Å². The Morgan fingerprint density at radius 2 is 1.68 bits per heavy atom. The zero-order valence-corrected chi connectivity index (χ0v) is 23.3. The summed E-state index contributed by atoms with van der Waals surface area (Å²) >= 11 is 0. The lowest BCUT2D eigenvalue weighted by molar-refractivity contribution is -0.279. The Kier molecular flexibility index (Phi) is 8.49. The van der Waals surface area contributed by atoms with Gasteiger partial charge < -0.3 is 34.5 Å². The van der Waals surface area contributed by atoms with Crippen LogP contribution in [0.4, 0.5) is 5.69 Å². The molecular formula is C29H33N3O8S. The maximum absolute atomic E-state index is 13.0. The van der Waals surface area contributed by atoms with E-state index >= 15 is 0 Å². The first kappa shape index (κ1) is 29.2. The van der Waals surface area contributed by atoms with Crippen LogP contribution in [0.2, 0.25) is 0 Å². The third-order valence-corrected chi connectivity index (χ3v) is 9.16. The first-order chi connectivity index (χ1) is 19.6. The number of aliphatic hydroxyl groups is 4. The highest BCUT2D eigenvalue weighted by molar-refractivity contribution is 7.93. The molecule has 5 atom stereocenters. The van der Waals surface area contributed by atoms with Gasteiger partial charge in [0.05, 0.1) is 0 Å². The molecule has 5 rings (SSSR count). The summed E-state index contributed by atoms with van der Waals surface area (Å²) in [6.45, 7) is 3.00. The highest BCUT2D eigenvalue weighted by Gasteiger charge is 2.43. The van der Waals surface area contributed by atoms with Crippen molar-refractivity contribution in [3.05, 3.63) is 59.2 Å². The molecule has 2 aliphatic rings. The average molecular weight is 584 g/mol. The number of nitrogens with zero attached hydrogens (tertiary/aromatic N) is 2. The van der Waals surface area contributed by atoms with Crippen molar-refractivity contribution in [2.24, 2.45) is 0 Å². The summed E-state index contributed by atoms with van der Waals surface area (Å²) in [6.07, 6.45) is -4.66. The van der Waals surface area contributed by atoms with Gasteiger partial charge in [-0.3, -0.25) is 0 Å². The topological polar surface area (TPSA) is 176 Å². The lowest BCUT2D eigenvalue weighted by Gasteiger charge is -2.38. The minimum atomic E-state index is -4.40. The van der Waals surface area contributed by atoms with Crippen molar-refractivity contribution in [1.29, 1.82) is 5.26 Å². The summed E-state index contributed by atoms with van der Waals surface area (Å²) in [5.41, 5.74) is 2.07. The highest BCUT2D eigenvalue weighted by Crippen LogP contribution is 2.32. The Morgan fingerprint density at radius 1 is 0.976 bits per heavy atom. The Bertz CT molecular complexity index is 1590. The van der Waals surface area contributed by atoms with Crippen LogP contribution in [0.15, 0.2) is 57.9 Å². The maximum Gasteiger partial charge on any atom is 0.251 e. The molecule has 0 bridgehead atoms. The number of hydrogen-bond donors (Lipinski definition) is 5. The maximum atomic E-state index is 13.0. The number of ether oxygens (including phenoxy) is 1. The molecule has 0 spiro atoms. The number of allylic oxidation sites excluding steroid dienone is 2. The summed E-state index contributed by atoms with van der Waals surface area (Å²) in [7, 11) is -4.40. The molecule has 1 unspecified atom stereocenters. The average Bonchev–Trinajstić information content (AvgIpc) is 3.48. The van der Waals surface area contributed by atoms with E-state index in [1.165, 1.54) is 31.9 Å². The normalized spacial score (nSPS) is 26.0. The fourth-order valence-electron chi connectivity index (χ4n) is 5.25. The molecule has 2 saturated heterocycles. The van der Waals surface area contributed by atoms with Crippen LogP contribution in [0, 0.1) is 11.3 Å². The number of hydrogen-bond acceptors (Lipinski definition) is 10. The Balaban J connectivity index is 1.33. The van der Waals surface area contributed by atoms with E-state index in [1.54, 1.807) is 18.2 Å². The summed E-state index contributed by atoms with van der Waals surface area (Å²) in [4.78, 5) is 1.80. The standard InChI is InChI=1S/C29H33N3O8S/c1-17(25(15-30)41(37,38)31-16-24-26(33)27(34)28(35)29(36)40-24)22-9-10-23(39-22)20-6-5-19-14-21(8-7-18(19)13-20)32-11-3-2-4-12-32/h5-10,13-14,24,26-29,31,33-36H,2-4,11-12,16H2,1H3/b25-17+/t24-,26-,27+,28-,29?/m1/s1. The Morgan fingerprint density at radius 3 is 2.41 bits per heavy atom. The molecule has 12 heteroatoms. The number of piperidine rings is 1. The Hall–Kier alpha value is -3.28. The predicted octanol–water partition coefficient (Wildman–Crippen LogP) is 2.06. The van der Waals surface area contributed by atoms with Gasteiger partial charge in [0.25, 0.3) is 10.0 Å². The van der Waals surface area contributed by atoms with Crippen LogP contribution in [-0.4, -0.2) is 79.2 Å². The van der Waals surface area contributed by atoms with Crippen molar-refractivity contribution in [1.82, 2.24) is 4.72 Å². The molecule has 3 aromatic rings. The number of aliphatic hydroxyl groups excluding tert-OH is 4. The second kappa shape index (κ2) is 11.9. The van der Waals surface area contributed by atoms with E-state index in [9.17, 15) is 34.1 Å².